The van der Waals surface area contributed by atoms with E-state index in [1.807, 2.05) is 72.4 Å². The average Bonchev–Trinajstić information content (AvgIpc) is 3.30. The Hall–Kier alpha value is -3.75. The minimum Gasteiger partial charge on any atom is -0.302 e. The third-order valence-corrected chi connectivity index (χ3v) is 9.73. The molecule has 1 aliphatic carbocycles. The third-order valence-electron chi connectivity index (χ3n) is 7.89. The van der Waals surface area contributed by atoms with Gasteiger partial charge in [0, 0.05) is 49.1 Å². The van der Waals surface area contributed by atoms with Crippen LogP contribution in [0, 0.1) is 0 Å². The monoisotopic (exact) mass is 540 g/mol. The predicted octanol–water partition coefficient (Wildman–Crippen LogP) is 4.89. The van der Waals surface area contributed by atoms with Crippen LogP contribution in [-0.4, -0.2) is 35.0 Å². The van der Waals surface area contributed by atoms with Crippen molar-refractivity contribution < 1.29 is 13.2 Å². The van der Waals surface area contributed by atoms with Gasteiger partial charge in [0.1, 0.15) is 0 Å². The largest absolute Gasteiger partial charge is 0.302 e. The van der Waals surface area contributed by atoms with Gasteiger partial charge in [0.2, 0.25) is 10.0 Å². The number of hydrogen-bond acceptors (Lipinski definition) is 4. The fourth-order valence-corrected chi connectivity index (χ4v) is 7.23. The molecule has 39 heavy (non-hydrogen) atoms. The van der Waals surface area contributed by atoms with Crippen LogP contribution in [0.15, 0.2) is 83.8 Å². The molecular weight excluding hydrogens is 508 g/mol. The van der Waals surface area contributed by atoms with Crippen LogP contribution in [0.2, 0.25) is 0 Å². The fourth-order valence-electron chi connectivity index (χ4n) is 5.77. The van der Waals surface area contributed by atoms with Crippen LogP contribution >= 0.6 is 0 Å². The summed E-state index contributed by atoms with van der Waals surface area (Å²) in [5.74, 6) is -0.129. The zero-order valence-corrected chi connectivity index (χ0v) is 22.9. The molecule has 2 heterocycles. The van der Waals surface area contributed by atoms with E-state index in [-0.39, 0.29) is 19.0 Å². The molecule has 3 aromatic carbocycles. The van der Waals surface area contributed by atoms with Gasteiger partial charge in [-0.1, -0.05) is 42.5 Å². The van der Waals surface area contributed by atoms with E-state index in [0.29, 0.717) is 29.1 Å². The van der Waals surface area contributed by atoms with Crippen molar-refractivity contribution in [1.29, 1.82) is 0 Å². The van der Waals surface area contributed by atoms with Crippen LogP contribution in [0.25, 0.3) is 0 Å². The number of para-hydroxylation sites is 1. The number of fused-ring (bicyclic) bond motifs is 2. The molecular formula is C31H32N4O3S. The van der Waals surface area contributed by atoms with E-state index in [4.69, 9.17) is 5.10 Å². The standard InChI is InChI=1S/C31H32N4O3S/c1-33-30-18-19-34(39(37,38)27-17-16-23-10-8-9-13-25(23)20-27)21-28(30)29(32-33)22-35(26-14-6-3-7-15-26)31(36)24-11-4-2-5-12-24/h2-7,11-12,14-17,20H,8-10,13,18-19,21-22H2,1H3. The second-order valence-electron chi connectivity index (χ2n) is 10.3. The molecule has 0 spiro atoms. The quantitative estimate of drug-likeness (QED) is 0.349. The van der Waals surface area contributed by atoms with Gasteiger partial charge in [0.25, 0.3) is 5.91 Å². The molecule has 0 unspecified atom stereocenters. The summed E-state index contributed by atoms with van der Waals surface area (Å²) >= 11 is 0. The van der Waals surface area contributed by atoms with Crippen molar-refractivity contribution in [2.24, 2.45) is 7.05 Å². The Balaban J connectivity index is 1.32. The summed E-state index contributed by atoms with van der Waals surface area (Å²) in [6.07, 6.45) is 4.77. The van der Waals surface area contributed by atoms with E-state index in [1.165, 1.54) is 5.56 Å². The number of carbonyl (C=O) groups excluding carboxylic acids is 1. The first-order chi connectivity index (χ1) is 18.9. The Morgan fingerprint density at radius 3 is 2.33 bits per heavy atom. The molecule has 0 fully saturated rings. The van der Waals surface area contributed by atoms with E-state index in [2.05, 4.69) is 0 Å². The smallest absolute Gasteiger partial charge is 0.258 e. The van der Waals surface area contributed by atoms with E-state index < -0.39 is 10.0 Å². The van der Waals surface area contributed by atoms with Crippen molar-refractivity contribution in [3.05, 3.63) is 113 Å². The number of amides is 1. The van der Waals surface area contributed by atoms with Crippen LogP contribution in [0.4, 0.5) is 5.69 Å². The summed E-state index contributed by atoms with van der Waals surface area (Å²) in [5, 5.41) is 4.78. The van der Waals surface area contributed by atoms with E-state index in [9.17, 15) is 13.2 Å². The van der Waals surface area contributed by atoms with Gasteiger partial charge in [-0.3, -0.25) is 9.48 Å². The van der Waals surface area contributed by atoms with Crippen LogP contribution in [0.3, 0.4) is 0 Å². The van der Waals surface area contributed by atoms with Gasteiger partial charge in [-0.15, -0.1) is 0 Å². The first-order valence-electron chi connectivity index (χ1n) is 13.5. The van der Waals surface area contributed by atoms with Gasteiger partial charge in [-0.25, -0.2) is 8.42 Å². The normalized spacial score (nSPS) is 15.4. The van der Waals surface area contributed by atoms with Crippen LogP contribution in [0.5, 0.6) is 0 Å². The van der Waals surface area contributed by atoms with Crippen molar-refractivity contribution in [2.45, 2.75) is 50.1 Å². The Bertz CT molecular complexity index is 1610. The Morgan fingerprint density at radius 2 is 1.59 bits per heavy atom. The van der Waals surface area contributed by atoms with E-state index in [0.717, 1.165) is 48.2 Å². The highest BCUT2D eigenvalue weighted by Gasteiger charge is 2.33. The van der Waals surface area contributed by atoms with Crippen molar-refractivity contribution in [1.82, 2.24) is 14.1 Å². The number of anilines is 1. The minimum absolute atomic E-state index is 0.129. The first kappa shape index (κ1) is 25.5. The molecule has 8 heteroatoms. The number of sulfonamides is 1. The molecule has 1 amide bonds. The highest BCUT2D eigenvalue weighted by atomic mass is 32.2. The molecule has 0 saturated carbocycles. The zero-order valence-electron chi connectivity index (χ0n) is 22.1. The second kappa shape index (κ2) is 10.4. The van der Waals surface area contributed by atoms with Crippen LogP contribution in [0.1, 0.15) is 51.3 Å². The van der Waals surface area contributed by atoms with Crippen molar-refractivity contribution >= 4 is 21.6 Å². The molecule has 0 atom stereocenters. The summed E-state index contributed by atoms with van der Waals surface area (Å²) in [4.78, 5) is 15.7. The molecule has 2 aliphatic rings. The maximum Gasteiger partial charge on any atom is 0.258 e. The van der Waals surface area contributed by atoms with Gasteiger partial charge in [0.15, 0.2) is 0 Å². The molecule has 0 radical (unpaired) electrons. The summed E-state index contributed by atoms with van der Waals surface area (Å²) in [6, 6.07) is 24.3. The molecule has 0 N–H and O–H groups in total. The lowest BCUT2D eigenvalue weighted by atomic mass is 9.92. The summed E-state index contributed by atoms with van der Waals surface area (Å²) in [5.41, 5.74) is 6.38. The van der Waals surface area contributed by atoms with Gasteiger partial charge in [-0.05, 0) is 73.2 Å². The average molecular weight is 541 g/mol. The fraction of sp³-hybridized carbons (Fsp3) is 0.290. The molecule has 6 rings (SSSR count). The maximum atomic E-state index is 13.8. The number of carbonyl (C=O) groups is 1. The number of hydrogen-bond donors (Lipinski definition) is 0. The molecule has 1 aliphatic heterocycles. The van der Waals surface area contributed by atoms with Crippen LogP contribution in [-0.2, 0) is 49.4 Å². The lowest BCUT2D eigenvalue weighted by Gasteiger charge is -2.28. The number of benzene rings is 3. The summed E-state index contributed by atoms with van der Waals surface area (Å²) < 4.78 is 30.9. The molecule has 7 nitrogen and oxygen atoms in total. The lowest BCUT2D eigenvalue weighted by Crippen LogP contribution is -2.37. The zero-order chi connectivity index (χ0) is 27.0. The highest BCUT2D eigenvalue weighted by molar-refractivity contribution is 7.89. The van der Waals surface area contributed by atoms with Gasteiger partial charge >= 0.3 is 0 Å². The van der Waals surface area contributed by atoms with Crippen LogP contribution < -0.4 is 4.90 Å². The SMILES string of the molecule is Cn1nc(CN(C(=O)c2ccccc2)c2ccccc2)c2c1CCN(S(=O)(=O)c1ccc3c(c1)CCCC3)C2. The van der Waals surface area contributed by atoms with Gasteiger partial charge in [0.05, 0.1) is 17.1 Å². The molecule has 4 aromatic rings. The Labute approximate surface area is 229 Å². The number of rotatable bonds is 6. The molecule has 1 aromatic heterocycles. The predicted molar refractivity (Wildman–Crippen MR) is 151 cm³/mol. The van der Waals surface area contributed by atoms with E-state index >= 15 is 0 Å². The molecule has 0 bridgehead atoms. The second-order valence-corrected chi connectivity index (χ2v) is 12.3. The number of aromatic nitrogens is 2. The molecule has 200 valence electrons. The van der Waals surface area contributed by atoms with Gasteiger partial charge < -0.3 is 4.90 Å². The molecule has 0 saturated heterocycles. The Kier molecular flexibility index (Phi) is 6.83. The number of aryl methyl sites for hydroxylation is 3. The minimum atomic E-state index is -3.67. The van der Waals surface area contributed by atoms with Crippen molar-refractivity contribution in [3.8, 4) is 0 Å². The first-order valence-corrected chi connectivity index (χ1v) is 14.9. The lowest BCUT2D eigenvalue weighted by molar-refractivity contribution is 0.0984. The van der Waals surface area contributed by atoms with Crippen molar-refractivity contribution in [2.75, 3.05) is 11.4 Å². The topological polar surface area (TPSA) is 75.5 Å². The highest BCUT2D eigenvalue weighted by Crippen LogP contribution is 2.31. The summed E-state index contributed by atoms with van der Waals surface area (Å²) in [6.45, 7) is 0.879. The maximum absolute atomic E-state index is 13.8. The third kappa shape index (κ3) is 4.90. The summed E-state index contributed by atoms with van der Waals surface area (Å²) in [7, 11) is -1.78. The van der Waals surface area contributed by atoms with Crippen molar-refractivity contribution in [3.63, 3.8) is 0 Å². The van der Waals surface area contributed by atoms with Gasteiger partial charge in [-0.2, -0.15) is 9.40 Å². The number of nitrogens with zero attached hydrogens (tertiary/aromatic N) is 4. The van der Waals surface area contributed by atoms with E-state index in [1.54, 1.807) is 27.4 Å². The Morgan fingerprint density at radius 1 is 0.897 bits per heavy atom.